The first-order chi connectivity index (χ1) is 21.7. The highest BCUT2D eigenvalue weighted by Gasteiger charge is 2.40. The molecule has 2 unspecified atom stereocenters. The van der Waals surface area contributed by atoms with Crippen molar-refractivity contribution in [1.82, 2.24) is 15.2 Å². The van der Waals surface area contributed by atoms with Crippen LogP contribution in [0.15, 0.2) is 83.7 Å². The first-order valence-corrected chi connectivity index (χ1v) is 14.9. The summed E-state index contributed by atoms with van der Waals surface area (Å²) in [6.45, 7) is 1.99. The largest absolute Gasteiger partial charge is 0.506 e. The molecule has 1 saturated heterocycles. The molecular weight excluding hydrogens is 578 g/mol. The number of rotatable bonds is 12. The second-order valence-corrected chi connectivity index (χ2v) is 11.3. The smallest absolute Gasteiger partial charge is 0.345 e. The summed E-state index contributed by atoms with van der Waals surface area (Å²) in [6.07, 6.45) is 1.74. The lowest BCUT2D eigenvalue weighted by Gasteiger charge is -2.32. The van der Waals surface area contributed by atoms with Crippen LogP contribution in [-0.2, 0) is 15.2 Å². The number of hydrogen-bond acceptors (Lipinski definition) is 8. The molecule has 4 aromatic rings. The van der Waals surface area contributed by atoms with E-state index in [-0.39, 0.29) is 40.7 Å². The number of phenols is 1. The van der Waals surface area contributed by atoms with Gasteiger partial charge in [-0.25, -0.2) is 4.79 Å². The number of carboxylic acid groups (broad SMARTS) is 1. The summed E-state index contributed by atoms with van der Waals surface area (Å²) < 4.78 is 5.72. The summed E-state index contributed by atoms with van der Waals surface area (Å²) in [4.78, 5) is 41.0. The molecule has 5 rings (SSSR count). The maximum atomic E-state index is 12.9. The summed E-state index contributed by atoms with van der Waals surface area (Å²) in [5.41, 5.74) is -1.34. The quantitative estimate of drug-likeness (QED) is 0.131. The summed E-state index contributed by atoms with van der Waals surface area (Å²) in [6, 6.07) is 20.3. The molecule has 1 aliphatic heterocycles. The standard InChI is InChI=1S/C34H37N3O8/c38-28-11-9-26(27-10-12-30(40)36-32(27)28)29(39)20-35-16-13-22-14-17-37(18-15-22)31(41)21-45-25-8-4-7-24(19-25)34(44,33(42)43)23-5-2-1-3-6-23/h1-12,19,22,29,35,38-39,44H,13-18,20-21H2,(H,36,40)(H,42,43). The molecule has 2 atom stereocenters. The molecule has 45 heavy (non-hydrogen) atoms. The van der Waals surface area contributed by atoms with Crippen molar-refractivity contribution >= 4 is 22.8 Å². The van der Waals surface area contributed by atoms with Crippen LogP contribution in [0.25, 0.3) is 10.9 Å². The predicted octanol–water partition coefficient (Wildman–Crippen LogP) is 2.88. The molecule has 0 spiro atoms. The molecule has 1 aromatic heterocycles. The van der Waals surface area contributed by atoms with Crippen molar-refractivity contribution < 1.29 is 34.8 Å². The molecule has 3 aromatic carbocycles. The van der Waals surface area contributed by atoms with Crippen LogP contribution in [0.2, 0.25) is 0 Å². The zero-order chi connectivity index (χ0) is 32.0. The van der Waals surface area contributed by atoms with E-state index in [0.717, 1.165) is 19.3 Å². The van der Waals surface area contributed by atoms with E-state index in [4.69, 9.17) is 4.74 Å². The highest BCUT2D eigenvalue weighted by atomic mass is 16.5. The number of carbonyl (C=O) groups excluding carboxylic acids is 1. The Morgan fingerprint density at radius 3 is 2.47 bits per heavy atom. The Morgan fingerprint density at radius 2 is 1.73 bits per heavy atom. The van der Waals surface area contributed by atoms with Crippen LogP contribution in [0, 0.1) is 5.92 Å². The Labute approximate surface area is 259 Å². The van der Waals surface area contributed by atoms with Gasteiger partial charge < -0.3 is 40.4 Å². The lowest BCUT2D eigenvalue weighted by Crippen LogP contribution is -2.41. The second-order valence-electron chi connectivity index (χ2n) is 11.3. The number of aliphatic hydroxyl groups excluding tert-OH is 1. The fourth-order valence-electron chi connectivity index (χ4n) is 5.82. The van der Waals surface area contributed by atoms with Gasteiger partial charge in [-0.05, 0) is 67.1 Å². The number of nitrogens with zero attached hydrogens (tertiary/aromatic N) is 1. The van der Waals surface area contributed by atoms with E-state index in [1.54, 1.807) is 59.5 Å². The number of pyridine rings is 1. The van der Waals surface area contributed by atoms with Gasteiger partial charge >= 0.3 is 5.97 Å². The third-order valence-corrected chi connectivity index (χ3v) is 8.42. The van der Waals surface area contributed by atoms with Gasteiger partial charge in [0.1, 0.15) is 11.5 Å². The average Bonchev–Trinajstić information content (AvgIpc) is 3.06. The highest BCUT2D eigenvalue weighted by molar-refractivity contribution is 5.87. The van der Waals surface area contributed by atoms with Crippen molar-refractivity contribution in [1.29, 1.82) is 0 Å². The minimum Gasteiger partial charge on any atom is -0.506 e. The number of H-pyrrole nitrogens is 1. The number of carboxylic acids is 1. The molecule has 11 nitrogen and oxygen atoms in total. The molecule has 236 valence electrons. The Bertz CT molecular complexity index is 1700. The van der Waals surface area contributed by atoms with Crippen LogP contribution < -0.4 is 15.6 Å². The van der Waals surface area contributed by atoms with Crippen LogP contribution in [0.3, 0.4) is 0 Å². The van der Waals surface area contributed by atoms with Crippen LogP contribution in [0.1, 0.15) is 42.1 Å². The highest BCUT2D eigenvalue weighted by Crippen LogP contribution is 2.32. The Morgan fingerprint density at radius 1 is 1.00 bits per heavy atom. The number of hydrogen-bond donors (Lipinski definition) is 6. The van der Waals surface area contributed by atoms with E-state index in [9.17, 15) is 34.8 Å². The Balaban J connectivity index is 1.06. The summed E-state index contributed by atoms with van der Waals surface area (Å²) in [7, 11) is 0. The number of aromatic hydroxyl groups is 1. The number of likely N-dealkylation sites (tertiary alicyclic amines) is 1. The van der Waals surface area contributed by atoms with Gasteiger partial charge in [0.05, 0.1) is 11.6 Å². The van der Waals surface area contributed by atoms with Crippen molar-refractivity contribution in [3.8, 4) is 11.5 Å². The minimum atomic E-state index is -2.26. The van der Waals surface area contributed by atoms with Crippen molar-refractivity contribution in [2.45, 2.75) is 31.0 Å². The van der Waals surface area contributed by atoms with Gasteiger partial charge in [0, 0.05) is 36.7 Å². The van der Waals surface area contributed by atoms with E-state index >= 15 is 0 Å². The molecule has 1 fully saturated rings. The van der Waals surface area contributed by atoms with Crippen molar-refractivity contribution in [2.24, 2.45) is 5.92 Å². The van der Waals surface area contributed by atoms with Crippen molar-refractivity contribution in [2.75, 3.05) is 32.8 Å². The first-order valence-electron chi connectivity index (χ1n) is 14.9. The van der Waals surface area contributed by atoms with Crippen molar-refractivity contribution in [3.05, 3.63) is 106 Å². The third kappa shape index (κ3) is 7.17. The van der Waals surface area contributed by atoms with Gasteiger partial charge in [-0.2, -0.15) is 0 Å². The second kappa shape index (κ2) is 13.9. The van der Waals surface area contributed by atoms with Gasteiger partial charge in [0.15, 0.2) is 6.61 Å². The fourth-order valence-corrected chi connectivity index (χ4v) is 5.82. The zero-order valence-corrected chi connectivity index (χ0v) is 24.7. The van der Waals surface area contributed by atoms with E-state index in [1.807, 2.05) is 0 Å². The lowest BCUT2D eigenvalue weighted by molar-refractivity contribution is -0.155. The van der Waals surface area contributed by atoms with Gasteiger partial charge in [-0.3, -0.25) is 9.59 Å². The number of aromatic amines is 1. The number of nitrogens with one attached hydrogen (secondary N) is 2. The van der Waals surface area contributed by atoms with Crippen molar-refractivity contribution in [3.63, 3.8) is 0 Å². The molecule has 0 saturated carbocycles. The number of piperidine rings is 1. The summed E-state index contributed by atoms with van der Waals surface area (Å²) >= 11 is 0. The number of ether oxygens (including phenoxy) is 1. The molecular formula is C34H37N3O8. The van der Waals surface area contributed by atoms with Crippen LogP contribution in [0.5, 0.6) is 11.5 Å². The van der Waals surface area contributed by atoms with Crippen LogP contribution in [0.4, 0.5) is 0 Å². The average molecular weight is 616 g/mol. The zero-order valence-electron chi connectivity index (χ0n) is 24.7. The van der Waals surface area contributed by atoms with Crippen LogP contribution >= 0.6 is 0 Å². The number of aromatic nitrogens is 1. The molecule has 6 N–H and O–H groups in total. The fraction of sp³-hybridized carbons (Fsp3) is 0.324. The Hall–Kier alpha value is -4.71. The van der Waals surface area contributed by atoms with Gasteiger partial charge in [-0.15, -0.1) is 0 Å². The topological polar surface area (TPSA) is 172 Å². The molecule has 0 bridgehead atoms. The van der Waals surface area contributed by atoms with E-state index in [1.165, 1.54) is 24.3 Å². The van der Waals surface area contributed by atoms with E-state index in [2.05, 4.69) is 10.3 Å². The molecule has 1 amide bonds. The molecule has 1 aliphatic rings. The number of amides is 1. The lowest BCUT2D eigenvalue weighted by atomic mass is 9.86. The van der Waals surface area contributed by atoms with E-state index < -0.39 is 17.7 Å². The maximum Gasteiger partial charge on any atom is 0.345 e. The van der Waals surface area contributed by atoms with Gasteiger partial charge in [0.25, 0.3) is 5.91 Å². The molecule has 11 heteroatoms. The van der Waals surface area contributed by atoms with Gasteiger partial charge in [0.2, 0.25) is 11.2 Å². The maximum absolute atomic E-state index is 12.9. The van der Waals surface area contributed by atoms with Gasteiger partial charge in [-0.1, -0.05) is 48.5 Å². The Kier molecular flexibility index (Phi) is 9.82. The summed E-state index contributed by atoms with van der Waals surface area (Å²) in [5, 5.41) is 45.6. The number of benzene rings is 3. The first kappa shape index (κ1) is 31.7. The number of phenolic OH excluding ortho intramolecular Hbond substituents is 1. The molecule has 0 radical (unpaired) electrons. The minimum absolute atomic E-state index is 0.0514. The van der Waals surface area contributed by atoms with Crippen LogP contribution in [-0.4, -0.2) is 75.0 Å². The number of aliphatic carboxylic acids is 1. The molecule has 0 aliphatic carbocycles. The molecule has 2 heterocycles. The van der Waals surface area contributed by atoms with E-state index in [0.29, 0.717) is 48.6 Å². The monoisotopic (exact) mass is 615 g/mol. The number of carbonyl (C=O) groups is 2. The summed E-state index contributed by atoms with van der Waals surface area (Å²) in [5.74, 6) is -0.930. The SMILES string of the molecule is O=C(COc1cccc(C(O)(C(=O)O)c2ccccc2)c1)N1CCC(CCNCC(O)c2ccc(O)c3[nH]c(=O)ccc23)CC1. The predicted molar refractivity (Wildman–Crippen MR) is 167 cm³/mol. The number of aliphatic hydroxyl groups is 2. The number of fused-ring (bicyclic) bond motifs is 1. The third-order valence-electron chi connectivity index (χ3n) is 8.42. The normalized spacial score (nSPS) is 15.8.